The predicted octanol–water partition coefficient (Wildman–Crippen LogP) is 3.16. The van der Waals surface area contributed by atoms with E-state index in [1.165, 1.54) is 6.42 Å². The molecule has 1 aliphatic rings. The third-order valence-corrected chi connectivity index (χ3v) is 4.51. The molecule has 0 saturated heterocycles. The maximum Gasteiger partial charge on any atom is 0.338 e. The van der Waals surface area contributed by atoms with E-state index in [1.54, 1.807) is 12.1 Å². The SMILES string of the molecule is O=C(COC(=O)c1ccc2ccccc2c1)NC(=O)NC1CCCCC1. The minimum atomic E-state index is -0.646. The highest BCUT2D eigenvalue weighted by Gasteiger charge is 2.17. The molecule has 6 nitrogen and oxygen atoms in total. The number of carbonyl (C=O) groups is 3. The van der Waals surface area contributed by atoms with E-state index in [-0.39, 0.29) is 6.04 Å². The molecule has 0 radical (unpaired) electrons. The van der Waals surface area contributed by atoms with Crippen LogP contribution in [0.1, 0.15) is 42.5 Å². The number of carbonyl (C=O) groups excluding carboxylic acids is 3. The van der Waals surface area contributed by atoms with E-state index in [4.69, 9.17) is 4.74 Å². The van der Waals surface area contributed by atoms with Crippen LogP contribution < -0.4 is 10.6 Å². The van der Waals surface area contributed by atoms with Crippen LogP contribution in [0.15, 0.2) is 42.5 Å². The van der Waals surface area contributed by atoms with Crippen LogP contribution in [0.4, 0.5) is 4.79 Å². The van der Waals surface area contributed by atoms with E-state index in [2.05, 4.69) is 10.6 Å². The topological polar surface area (TPSA) is 84.5 Å². The second-order valence-corrected chi connectivity index (χ2v) is 6.49. The van der Waals surface area contributed by atoms with Crippen LogP contribution in [0.3, 0.4) is 0 Å². The summed E-state index contributed by atoms with van der Waals surface area (Å²) in [6.45, 7) is -0.496. The van der Waals surface area contributed by atoms with Crippen LogP contribution >= 0.6 is 0 Å². The van der Waals surface area contributed by atoms with E-state index in [0.29, 0.717) is 5.56 Å². The van der Waals surface area contributed by atoms with Crippen molar-refractivity contribution >= 4 is 28.7 Å². The summed E-state index contributed by atoms with van der Waals surface area (Å²) in [6, 6.07) is 12.4. The summed E-state index contributed by atoms with van der Waals surface area (Å²) in [6.07, 6.45) is 5.21. The molecule has 1 fully saturated rings. The molecular weight excluding hydrogens is 332 g/mol. The van der Waals surface area contributed by atoms with Crippen LogP contribution in [-0.4, -0.2) is 30.6 Å². The van der Waals surface area contributed by atoms with Gasteiger partial charge < -0.3 is 10.1 Å². The summed E-state index contributed by atoms with van der Waals surface area (Å²) >= 11 is 0. The number of ether oxygens (including phenoxy) is 1. The number of amides is 3. The molecule has 6 heteroatoms. The minimum absolute atomic E-state index is 0.108. The van der Waals surface area contributed by atoms with Crippen LogP contribution in [0, 0.1) is 0 Å². The molecule has 2 N–H and O–H groups in total. The molecule has 26 heavy (non-hydrogen) atoms. The molecule has 0 bridgehead atoms. The fourth-order valence-corrected chi connectivity index (χ4v) is 3.16. The maximum atomic E-state index is 12.1. The van der Waals surface area contributed by atoms with E-state index in [0.717, 1.165) is 36.5 Å². The lowest BCUT2D eigenvalue weighted by Crippen LogP contribution is -2.46. The Hall–Kier alpha value is -2.89. The standard InChI is InChI=1S/C20H22N2O4/c23-18(22-20(25)21-17-8-2-1-3-9-17)13-26-19(24)16-11-10-14-6-4-5-7-15(14)12-16/h4-7,10-12,17H,1-3,8-9,13H2,(H2,21,22,23,25). The van der Waals surface area contributed by atoms with Gasteiger partial charge in [-0.3, -0.25) is 10.1 Å². The van der Waals surface area contributed by atoms with Crippen molar-refractivity contribution in [3.8, 4) is 0 Å². The number of rotatable bonds is 4. The van der Waals surface area contributed by atoms with Crippen molar-refractivity contribution in [1.29, 1.82) is 0 Å². The van der Waals surface area contributed by atoms with Gasteiger partial charge in [0, 0.05) is 6.04 Å². The molecule has 2 aromatic rings. The summed E-state index contributed by atoms with van der Waals surface area (Å²) in [5, 5.41) is 6.91. The monoisotopic (exact) mass is 354 g/mol. The molecule has 3 rings (SSSR count). The zero-order valence-corrected chi connectivity index (χ0v) is 14.5. The number of nitrogens with one attached hydrogen (secondary N) is 2. The van der Waals surface area contributed by atoms with Gasteiger partial charge in [-0.15, -0.1) is 0 Å². The van der Waals surface area contributed by atoms with E-state index in [1.807, 2.05) is 30.3 Å². The van der Waals surface area contributed by atoms with Gasteiger partial charge >= 0.3 is 12.0 Å². The molecule has 1 saturated carbocycles. The second-order valence-electron chi connectivity index (χ2n) is 6.49. The average Bonchev–Trinajstić information content (AvgIpc) is 2.66. The number of benzene rings is 2. The molecule has 0 atom stereocenters. The lowest BCUT2D eigenvalue weighted by molar-refractivity contribution is -0.123. The largest absolute Gasteiger partial charge is 0.452 e. The second kappa shape index (κ2) is 8.47. The van der Waals surface area contributed by atoms with E-state index in [9.17, 15) is 14.4 Å². The van der Waals surface area contributed by atoms with Gasteiger partial charge in [0.05, 0.1) is 5.56 Å². The summed E-state index contributed by atoms with van der Waals surface area (Å²) < 4.78 is 5.00. The zero-order chi connectivity index (χ0) is 18.4. The highest BCUT2D eigenvalue weighted by atomic mass is 16.5. The Balaban J connectivity index is 1.46. The fourth-order valence-electron chi connectivity index (χ4n) is 3.16. The lowest BCUT2D eigenvalue weighted by Gasteiger charge is -2.22. The number of urea groups is 1. The van der Waals surface area contributed by atoms with Crippen LogP contribution in [0.25, 0.3) is 10.8 Å². The molecule has 2 aromatic carbocycles. The smallest absolute Gasteiger partial charge is 0.338 e. The quantitative estimate of drug-likeness (QED) is 0.826. The molecule has 136 valence electrons. The third-order valence-electron chi connectivity index (χ3n) is 4.51. The molecule has 3 amide bonds. The number of esters is 1. The lowest BCUT2D eigenvalue weighted by atomic mass is 9.96. The molecule has 1 aliphatic carbocycles. The van der Waals surface area contributed by atoms with Crippen molar-refractivity contribution < 1.29 is 19.1 Å². The maximum absolute atomic E-state index is 12.1. The average molecular weight is 354 g/mol. The summed E-state index contributed by atoms with van der Waals surface area (Å²) in [5.41, 5.74) is 0.364. The third kappa shape index (κ3) is 4.81. The molecule has 0 aromatic heterocycles. The Bertz CT molecular complexity index is 812. The molecule has 0 spiro atoms. The van der Waals surface area contributed by atoms with Gasteiger partial charge in [-0.05, 0) is 35.7 Å². The minimum Gasteiger partial charge on any atom is -0.452 e. The van der Waals surface area contributed by atoms with Crippen LogP contribution in [0.5, 0.6) is 0 Å². The van der Waals surface area contributed by atoms with Crippen molar-refractivity contribution in [1.82, 2.24) is 10.6 Å². The van der Waals surface area contributed by atoms with Crippen molar-refractivity contribution in [3.63, 3.8) is 0 Å². The summed E-state index contributed by atoms with van der Waals surface area (Å²) in [4.78, 5) is 35.7. The first-order valence-corrected chi connectivity index (χ1v) is 8.88. The van der Waals surface area contributed by atoms with Gasteiger partial charge in [-0.1, -0.05) is 49.6 Å². The Morgan fingerprint density at radius 2 is 1.69 bits per heavy atom. The Morgan fingerprint density at radius 1 is 0.962 bits per heavy atom. The Morgan fingerprint density at radius 3 is 2.46 bits per heavy atom. The zero-order valence-electron chi connectivity index (χ0n) is 14.5. The summed E-state index contributed by atoms with van der Waals surface area (Å²) in [5.74, 6) is -1.24. The Kier molecular flexibility index (Phi) is 5.84. The predicted molar refractivity (Wildman–Crippen MR) is 97.8 cm³/mol. The highest BCUT2D eigenvalue weighted by Crippen LogP contribution is 2.17. The van der Waals surface area contributed by atoms with Gasteiger partial charge in [0.15, 0.2) is 6.61 Å². The molecule has 0 aliphatic heterocycles. The van der Waals surface area contributed by atoms with Gasteiger partial charge in [-0.25, -0.2) is 9.59 Å². The molecular formula is C20H22N2O4. The first-order chi connectivity index (χ1) is 12.6. The number of fused-ring (bicyclic) bond motifs is 1. The first-order valence-electron chi connectivity index (χ1n) is 8.88. The van der Waals surface area contributed by atoms with E-state index < -0.39 is 24.5 Å². The van der Waals surface area contributed by atoms with Crippen molar-refractivity contribution in [2.24, 2.45) is 0 Å². The fraction of sp³-hybridized carbons (Fsp3) is 0.350. The van der Waals surface area contributed by atoms with Gasteiger partial charge in [-0.2, -0.15) is 0 Å². The normalized spacial score (nSPS) is 14.6. The highest BCUT2D eigenvalue weighted by molar-refractivity contribution is 5.98. The summed E-state index contributed by atoms with van der Waals surface area (Å²) in [7, 11) is 0. The number of hydrogen-bond acceptors (Lipinski definition) is 4. The molecule has 0 heterocycles. The van der Waals surface area contributed by atoms with Gasteiger partial charge in [0.25, 0.3) is 5.91 Å². The number of hydrogen-bond donors (Lipinski definition) is 2. The molecule has 0 unspecified atom stereocenters. The van der Waals surface area contributed by atoms with Crippen LogP contribution in [-0.2, 0) is 9.53 Å². The van der Waals surface area contributed by atoms with Crippen LogP contribution in [0.2, 0.25) is 0 Å². The van der Waals surface area contributed by atoms with Crippen molar-refractivity contribution in [2.75, 3.05) is 6.61 Å². The first kappa shape index (κ1) is 17.9. The Labute approximate surface area is 151 Å². The van der Waals surface area contributed by atoms with Gasteiger partial charge in [0.2, 0.25) is 0 Å². The van der Waals surface area contributed by atoms with Gasteiger partial charge in [0.1, 0.15) is 0 Å². The number of imide groups is 1. The van der Waals surface area contributed by atoms with Crippen molar-refractivity contribution in [3.05, 3.63) is 48.0 Å². The van der Waals surface area contributed by atoms with Crippen molar-refractivity contribution in [2.45, 2.75) is 38.1 Å². The van der Waals surface area contributed by atoms with E-state index >= 15 is 0 Å².